The largest absolute Gasteiger partial charge is 0.378 e. The molecule has 0 bridgehead atoms. The van der Waals surface area contributed by atoms with Crippen molar-refractivity contribution < 1.29 is 0 Å². The van der Waals surface area contributed by atoms with Gasteiger partial charge in [-0.25, -0.2) is 0 Å². The number of aryl methyl sites for hydroxylation is 1. The monoisotopic (exact) mass is 353 g/mol. The molecule has 1 aromatic heterocycles. The molecule has 1 aliphatic rings. The topological polar surface area (TPSA) is 12.0 Å². The Balaban J connectivity index is 1.83. The fraction of sp³-hybridized carbons (Fsp3) is 0.333. The average Bonchev–Trinajstić information content (AvgIpc) is 2.80. The maximum atomic E-state index is 3.70. The number of benzene rings is 1. The smallest absolute Gasteiger partial charge is 0.0705 e. The lowest BCUT2D eigenvalue weighted by atomic mass is 9.94. The lowest BCUT2D eigenvalue weighted by molar-refractivity contribution is 0.608. The van der Waals surface area contributed by atoms with E-state index >= 15 is 0 Å². The minimum absolute atomic E-state index is 0.461. The van der Waals surface area contributed by atoms with Crippen molar-refractivity contribution in [3.8, 4) is 0 Å². The van der Waals surface area contributed by atoms with E-state index in [1.54, 1.807) is 11.8 Å². The summed E-state index contributed by atoms with van der Waals surface area (Å²) in [5.41, 5.74) is 2.71. The van der Waals surface area contributed by atoms with Crippen molar-refractivity contribution in [2.75, 3.05) is 11.6 Å². The number of rotatable bonds is 3. The van der Waals surface area contributed by atoms with Gasteiger partial charge in [-0.3, -0.25) is 0 Å². The molecule has 0 aliphatic heterocycles. The number of hydrogen-bond acceptors (Lipinski definition) is 3. The second-order valence-corrected chi connectivity index (χ2v) is 8.15. The highest BCUT2D eigenvalue weighted by Crippen LogP contribution is 2.39. The minimum Gasteiger partial charge on any atom is -0.378 e. The van der Waals surface area contributed by atoms with Gasteiger partial charge in [-0.2, -0.15) is 0 Å². The van der Waals surface area contributed by atoms with Gasteiger partial charge in [0.15, 0.2) is 0 Å². The van der Waals surface area contributed by atoms with Crippen LogP contribution in [0.2, 0.25) is 0 Å². The molecule has 2 aromatic rings. The maximum Gasteiger partial charge on any atom is 0.0705 e. The fourth-order valence-electron chi connectivity index (χ4n) is 2.59. The molecular formula is C15H16BrNS2. The molecule has 0 amide bonds. The molecule has 1 nitrogen and oxygen atoms in total. The van der Waals surface area contributed by atoms with Gasteiger partial charge in [0.05, 0.1) is 9.83 Å². The van der Waals surface area contributed by atoms with E-state index in [4.69, 9.17) is 0 Å². The maximum absolute atomic E-state index is 3.70. The Morgan fingerprint density at radius 2 is 2.26 bits per heavy atom. The summed E-state index contributed by atoms with van der Waals surface area (Å²) >= 11 is 7.29. The molecule has 1 unspecified atom stereocenters. The molecule has 0 saturated carbocycles. The summed E-state index contributed by atoms with van der Waals surface area (Å²) in [6, 6.07) is 11.4. The number of fused-ring (bicyclic) bond motifs is 1. The number of hydrogen-bond donors (Lipinski definition) is 1. The highest BCUT2D eigenvalue weighted by molar-refractivity contribution is 9.11. The molecule has 0 spiro atoms. The standard InChI is InChI=1S/C15H16BrNS2/c1-18-11-5-2-4-10(8-11)17-13-6-3-7-14-12(13)9-15(16)19-14/h2,4-5,8-9,13,17H,3,6-7H2,1H3. The average molecular weight is 354 g/mol. The molecule has 1 aromatic carbocycles. The highest BCUT2D eigenvalue weighted by Gasteiger charge is 2.22. The van der Waals surface area contributed by atoms with E-state index in [1.807, 2.05) is 11.3 Å². The Bertz CT molecular complexity index is 579. The minimum atomic E-state index is 0.461. The van der Waals surface area contributed by atoms with Crippen LogP contribution >= 0.6 is 39.0 Å². The molecule has 1 N–H and O–H groups in total. The van der Waals surface area contributed by atoms with Crippen LogP contribution in [0, 0.1) is 0 Å². The second kappa shape index (κ2) is 5.90. The predicted molar refractivity (Wildman–Crippen MR) is 89.5 cm³/mol. The van der Waals surface area contributed by atoms with Crippen molar-refractivity contribution >= 4 is 44.7 Å². The summed E-state index contributed by atoms with van der Waals surface area (Å²) in [6.45, 7) is 0. The van der Waals surface area contributed by atoms with Crippen LogP contribution in [0.5, 0.6) is 0 Å². The second-order valence-electron chi connectivity index (χ2n) is 4.75. The van der Waals surface area contributed by atoms with E-state index in [0.717, 1.165) is 0 Å². The molecule has 0 radical (unpaired) electrons. The van der Waals surface area contributed by atoms with Crippen LogP contribution < -0.4 is 5.32 Å². The van der Waals surface area contributed by atoms with Crippen LogP contribution in [0.15, 0.2) is 39.0 Å². The summed E-state index contributed by atoms with van der Waals surface area (Å²) in [5, 5.41) is 3.70. The number of anilines is 1. The van der Waals surface area contributed by atoms with Gasteiger partial charge in [-0.1, -0.05) is 6.07 Å². The van der Waals surface area contributed by atoms with Crippen molar-refractivity contribution in [3.05, 3.63) is 44.6 Å². The number of thioether (sulfide) groups is 1. The Labute approximate surface area is 130 Å². The third kappa shape index (κ3) is 3.01. The Hall–Kier alpha value is -0.450. The SMILES string of the molecule is CSc1cccc(NC2CCCc3sc(Br)cc32)c1. The molecule has 3 rings (SSSR count). The van der Waals surface area contributed by atoms with Gasteiger partial charge in [-0.15, -0.1) is 23.1 Å². The van der Waals surface area contributed by atoms with Crippen LogP contribution in [0.1, 0.15) is 29.3 Å². The van der Waals surface area contributed by atoms with Crippen molar-refractivity contribution in [1.82, 2.24) is 0 Å². The van der Waals surface area contributed by atoms with E-state index in [1.165, 1.54) is 44.1 Å². The highest BCUT2D eigenvalue weighted by atomic mass is 79.9. The molecular weight excluding hydrogens is 338 g/mol. The van der Waals surface area contributed by atoms with Crippen molar-refractivity contribution in [2.45, 2.75) is 30.2 Å². The van der Waals surface area contributed by atoms with Crippen LogP contribution in [-0.4, -0.2) is 6.26 Å². The number of nitrogens with one attached hydrogen (secondary N) is 1. The van der Waals surface area contributed by atoms with Crippen LogP contribution in [0.4, 0.5) is 5.69 Å². The van der Waals surface area contributed by atoms with Gasteiger partial charge in [0.25, 0.3) is 0 Å². The van der Waals surface area contributed by atoms with Crippen molar-refractivity contribution in [2.24, 2.45) is 0 Å². The Morgan fingerprint density at radius 1 is 1.37 bits per heavy atom. The molecule has 0 saturated heterocycles. The zero-order valence-electron chi connectivity index (χ0n) is 10.8. The summed E-state index contributed by atoms with van der Waals surface area (Å²) < 4.78 is 1.25. The first kappa shape index (κ1) is 13.5. The molecule has 1 heterocycles. The van der Waals surface area contributed by atoms with Crippen LogP contribution in [0.25, 0.3) is 0 Å². The molecule has 1 atom stereocenters. The molecule has 4 heteroatoms. The van der Waals surface area contributed by atoms with E-state index in [-0.39, 0.29) is 0 Å². The number of thiophene rings is 1. The Morgan fingerprint density at radius 3 is 3.11 bits per heavy atom. The summed E-state index contributed by atoms with van der Waals surface area (Å²) in [6.07, 6.45) is 5.85. The quantitative estimate of drug-likeness (QED) is 0.707. The lowest BCUT2D eigenvalue weighted by Crippen LogP contribution is -2.15. The summed E-state index contributed by atoms with van der Waals surface area (Å²) in [7, 11) is 0. The van der Waals surface area contributed by atoms with Gasteiger partial charge in [0, 0.05) is 15.5 Å². The predicted octanol–water partition coefficient (Wildman–Crippen LogP) is 5.72. The summed E-state index contributed by atoms with van der Waals surface area (Å²) in [4.78, 5) is 2.85. The normalized spacial score (nSPS) is 18.1. The third-order valence-corrected chi connectivity index (χ3v) is 5.93. The summed E-state index contributed by atoms with van der Waals surface area (Å²) in [5.74, 6) is 0. The molecule has 100 valence electrons. The van der Waals surface area contributed by atoms with Crippen molar-refractivity contribution in [1.29, 1.82) is 0 Å². The van der Waals surface area contributed by atoms with Gasteiger partial charge in [0.2, 0.25) is 0 Å². The first-order chi connectivity index (χ1) is 9.26. The molecule has 1 aliphatic carbocycles. The first-order valence-electron chi connectivity index (χ1n) is 6.45. The van der Waals surface area contributed by atoms with Gasteiger partial charge < -0.3 is 5.32 Å². The van der Waals surface area contributed by atoms with Gasteiger partial charge >= 0.3 is 0 Å². The number of halogens is 1. The van der Waals surface area contributed by atoms with Crippen molar-refractivity contribution in [3.63, 3.8) is 0 Å². The van der Waals surface area contributed by atoms with Crippen LogP contribution in [0.3, 0.4) is 0 Å². The fourth-order valence-corrected chi connectivity index (χ4v) is 4.86. The zero-order chi connectivity index (χ0) is 13.2. The van der Waals surface area contributed by atoms with Gasteiger partial charge in [0.1, 0.15) is 0 Å². The first-order valence-corrected chi connectivity index (χ1v) is 9.28. The van der Waals surface area contributed by atoms with E-state index in [9.17, 15) is 0 Å². The Kier molecular flexibility index (Phi) is 4.20. The molecule has 0 fully saturated rings. The zero-order valence-corrected chi connectivity index (χ0v) is 14.0. The third-order valence-electron chi connectivity index (χ3n) is 3.49. The van der Waals surface area contributed by atoms with E-state index < -0.39 is 0 Å². The van der Waals surface area contributed by atoms with E-state index in [2.05, 4.69) is 57.8 Å². The lowest BCUT2D eigenvalue weighted by Gasteiger charge is -2.24. The van der Waals surface area contributed by atoms with Gasteiger partial charge in [-0.05, 0) is 71.3 Å². The van der Waals surface area contributed by atoms with Crippen LogP contribution in [-0.2, 0) is 6.42 Å². The molecule has 19 heavy (non-hydrogen) atoms. The van der Waals surface area contributed by atoms with E-state index in [0.29, 0.717) is 6.04 Å².